The molecule has 0 radical (unpaired) electrons. The van der Waals surface area contributed by atoms with E-state index < -0.39 is 0 Å². The summed E-state index contributed by atoms with van der Waals surface area (Å²) in [5.41, 5.74) is 2.42. The number of nitrogens with zero attached hydrogens (tertiary/aromatic N) is 1. The van der Waals surface area contributed by atoms with Crippen molar-refractivity contribution in [2.24, 2.45) is 4.99 Å². The van der Waals surface area contributed by atoms with Crippen LogP contribution in [0.15, 0.2) is 29.3 Å². The maximum atomic E-state index is 6.01. The van der Waals surface area contributed by atoms with Crippen molar-refractivity contribution in [3.05, 3.63) is 35.4 Å². The van der Waals surface area contributed by atoms with Gasteiger partial charge in [0.2, 0.25) is 0 Å². The molecule has 1 aliphatic heterocycles. The predicted octanol–water partition coefficient (Wildman–Crippen LogP) is 2.47. The van der Waals surface area contributed by atoms with Gasteiger partial charge in [-0.15, -0.1) is 0 Å². The van der Waals surface area contributed by atoms with Crippen molar-refractivity contribution in [3.8, 4) is 0 Å². The zero-order valence-electron chi connectivity index (χ0n) is 16.1. The van der Waals surface area contributed by atoms with Crippen LogP contribution in [-0.2, 0) is 27.4 Å². The molecule has 1 heterocycles. The first-order valence-corrected chi connectivity index (χ1v) is 9.61. The van der Waals surface area contributed by atoms with Crippen LogP contribution in [-0.4, -0.2) is 52.1 Å². The van der Waals surface area contributed by atoms with Crippen LogP contribution in [0.25, 0.3) is 0 Å². The number of aliphatic imine (C=N–C) groups is 1. The van der Waals surface area contributed by atoms with Crippen molar-refractivity contribution < 1.29 is 14.2 Å². The lowest BCUT2D eigenvalue weighted by Gasteiger charge is -2.22. The summed E-state index contributed by atoms with van der Waals surface area (Å²) in [4.78, 5) is 4.26. The molecule has 0 bridgehead atoms. The molecule has 1 fully saturated rings. The van der Waals surface area contributed by atoms with Crippen LogP contribution in [0.2, 0.25) is 0 Å². The summed E-state index contributed by atoms with van der Waals surface area (Å²) >= 11 is 0. The zero-order valence-corrected chi connectivity index (χ0v) is 16.1. The van der Waals surface area contributed by atoms with Crippen LogP contribution in [0.1, 0.15) is 37.3 Å². The van der Waals surface area contributed by atoms with Crippen molar-refractivity contribution >= 4 is 5.96 Å². The molecule has 146 valence electrons. The second kappa shape index (κ2) is 12.7. The van der Waals surface area contributed by atoms with Gasteiger partial charge >= 0.3 is 0 Å². The molecule has 1 aromatic rings. The monoisotopic (exact) mass is 363 g/mol. The molecule has 0 aromatic heterocycles. The molecule has 2 rings (SSSR count). The maximum absolute atomic E-state index is 6.01. The molecule has 0 spiro atoms. The third-order valence-electron chi connectivity index (χ3n) is 4.29. The number of benzene rings is 1. The van der Waals surface area contributed by atoms with Crippen LogP contribution < -0.4 is 10.6 Å². The van der Waals surface area contributed by atoms with Crippen molar-refractivity contribution in [3.63, 3.8) is 0 Å². The zero-order chi connectivity index (χ0) is 18.5. The minimum absolute atomic E-state index is 0.324. The Morgan fingerprint density at radius 1 is 1.23 bits per heavy atom. The minimum atomic E-state index is 0.324. The van der Waals surface area contributed by atoms with Gasteiger partial charge in [0.05, 0.1) is 12.7 Å². The van der Waals surface area contributed by atoms with E-state index in [0.717, 1.165) is 64.7 Å². The second-order valence-electron chi connectivity index (χ2n) is 6.35. The first kappa shape index (κ1) is 20.7. The summed E-state index contributed by atoms with van der Waals surface area (Å²) in [5, 5.41) is 6.65. The molecule has 6 heteroatoms. The predicted molar refractivity (Wildman–Crippen MR) is 104 cm³/mol. The lowest BCUT2D eigenvalue weighted by Crippen LogP contribution is -2.37. The minimum Gasteiger partial charge on any atom is -0.382 e. The number of ether oxygens (including phenoxy) is 3. The van der Waals surface area contributed by atoms with E-state index in [0.29, 0.717) is 12.7 Å². The molecule has 0 atom stereocenters. The van der Waals surface area contributed by atoms with Crippen molar-refractivity contribution in [1.29, 1.82) is 0 Å². The highest BCUT2D eigenvalue weighted by atomic mass is 16.5. The van der Waals surface area contributed by atoms with Crippen molar-refractivity contribution in [2.45, 2.75) is 45.4 Å². The molecule has 2 N–H and O–H groups in total. The average molecular weight is 364 g/mol. The summed E-state index contributed by atoms with van der Waals surface area (Å²) in [5.74, 6) is 0.811. The Kier molecular flexibility index (Phi) is 10.1. The molecule has 1 saturated heterocycles. The van der Waals surface area contributed by atoms with Gasteiger partial charge in [0, 0.05) is 46.6 Å². The number of hydrogen-bond donors (Lipinski definition) is 2. The third-order valence-corrected chi connectivity index (χ3v) is 4.29. The normalized spacial score (nSPS) is 15.8. The summed E-state index contributed by atoms with van der Waals surface area (Å²) < 4.78 is 16.7. The van der Waals surface area contributed by atoms with Gasteiger partial charge in [-0.1, -0.05) is 24.3 Å². The highest BCUT2D eigenvalue weighted by molar-refractivity contribution is 5.79. The second-order valence-corrected chi connectivity index (χ2v) is 6.35. The summed E-state index contributed by atoms with van der Waals surface area (Å²) in [7, 11) is 1.79. The van der Waals surface area contributed by atoms with E-state index in [9.17, 15) is 0 Å². The fraction of sp³-hybridized carbons (Fsp3) is 0.650. The fourth-order valence-electron chi connectivity index (χ4n) is 2.82. The Labute approximate surface area is 157 Å². The average Bonchev–Trinajstić information content (AvgIpc) is 2.69. The fourth-order valence-corrected chi connectivity index (χ4v) is 2.82. The van der Waals surface area contributed by atoms with E-state index in [-0.39, 0.29) is 0 Å². The Morgan fingerprint density at radius 3 is 2.81 bits per heavy atom. The van der Waals surface area contributed by atoms with Crippen LogP contribution in [0.3, 0.4) is 0 Å². The lowest BCUT2D eigenvalue weighted by atomic mass is 10.1. The maximum Gasteiger partial charge on any atom is 0.191 e. The van der Waals surface area contributed by atoms with Crippen LogP contribution in [0, 0.1) is 0 Å². The van der Waals surface area contributed by atoms with Gasteiger partial charge in [-0.25, -0.2) is 0 Å². The van der Waals surface area contributed by atoms with Gasteiger partial charge in [0.25, 0.3) is 0 Å². The molecule has 6 nitrogen and oxygen atoms in total. The number of guanidine groups is 1. The molecule has 0 amide bonds. The highest BCUT2D eigenvalue weighted by Gasteiger charge is 2.14. The van der Waals surface area contributed by atoms with Gasteiger partial charge < -0.3 is 24.8 Å². The lowest BCUT2D eigenvalue weighted by molar-refractivity contribution is -0.0390. The van der Waals surface area contributed by atoms with E-state index in [1.165, 1.54) is 11.1 Å². The van der Waals surface area contributed by atoms with Crippen molar-refractivity contribution in [2.75, 3.05) is 40.0 Å². The van der Waals surface area contributed by atoms with Gasteiger partial charge in [0.1, 0.15) is 0 Å². The first-order valence-electron chi connectivity index (χ1n) is 9.61. The molecule has 0 aliphatic carbocycles. The molecular weight excluding hydrogens is 330 g/mol. The van der Waals surface area contributed by atoms with Crippen LogP contribution in [0.5, 0.6) is 0 Å². The Hall–Kier alpha value is -1.63. The number of nitrogens with one attached hydrogen (secondary N) is 2. The van der Waals surface area contributed by atoms with Crippen LogP contribution >= 0.6 is 0 Å². The van der Waals surface area contributed by atoms with E-state index in [1.807, 2.05) is 6.92 Å². The van der Waals surface area contributed by atoms with Gasteiger partial charge in [-0.3, -0.25) is 4.99 Å². The number of hydrogen-bond acceptors (Lipinski definition) is 4. The van der Waals surface area contributed by atoms with Gasteiger partial charge in [0.15, 0.2) is 5.96 Å². The summed E-state index contributed by atoms with van der Waals surface area (Å²) in [6, 6.07) is 8.50. The van der Waals surface area contributed by atoms with Crippen molar-refractivity contribution in [1.82, 2.24) is 10.6 Å². The third kappa shape index (κ3) is 8.17. The quantitative estimate of drug-likeness (QED) is 0.380. The summed E-state index contributed by atoms with van der Waals surface area (Å²) in [6.07, 6.45) is 3.28. The highest BCUT2D eigenvalue weighted by Crippen LogP contribution is 2.14. The number of rotatable bonds is 10. The smallest absolute Gasteiger partial charge is 0.191 e. The molecule has 26 heavy (non-hydrogen) atoms. The largest absolute Gasteiger partial charge is 0.382 e. The Morgan fingerprint density at radius 2 is 2.04 bits per heavy atom. The molecule has 1 aliphatic rings. The molecule has 0 saturated carbocycles. The Bertz CT molecular complexity index is 531. The standard InChI is InChI=1S/C20H33N3O3/c1-3-24-11-5-10-22-20(21-2)23-15-17-6-4-7-18(14-17)16-26-19-8-12-25-13-9-19/h4,6-7,14,19H,3,5,8-13,15-16H2,1-2H3,(H2,21,22,23). The van der Waals surface area contributed by atoms with Crippen LogP contribution in [0.4, 0.5) is 0 Å². The SMILES string of the molecule is CCOCCCNC(=NC)NCc1cccc(COC2CCOCC2)c1. The van der Waals surface area contributed by atoms with Gasteiger partial charge in [-0.05, 0) is 37.3 Å². The topological polar surface area (TPSA) is 64.1 Å². The molecule has 1 aromatic carbocycles. The van der Waals surface area contributed by atoms with Gasteiger partial charge in [-0.2, -0.15) is 0 Å². The van der Waals surface area contributed by atoms with E-state index >= 15 is 0 Å². The van der Waals surface area contributed by atoms with E-state index in [4.69, 9.17) is 14.2 Å². The molecule has 0 unspecified atom stereocenters. The Balaban J connectivity index is 1.70. The first-order chi connectivity index (χ1) is 12.8. The van der Waals surface area contributed by atoms with E-state index in [1.54, 1.807) is 7.05 Å². The van der Waals surface area contributed by atoms with E-state index in [2.05, 4.69) is 39.9 Å². The molecular formula is C20H33N3O3. The summed E-state index contributed by atoms with van der Waals surface area (Å²) in [6.45, 7) is 7.41.